The predicted octanol–water partition coefficient (Wildman–Crippen LogP) is 2.63. The van der Waals surface area contributed by atoms with Crippen LogP contribution in [0.15, 0.2) is 47.1 Å². The lowest BCUT2D eigenvalue weighted by Crippen LogP contribution is -2.13. The van der Waals surface area contributed by atoms with Crippen molar-refractivity contribution in [2.45, 2.75) is 19.6 Å². The van der Waals surface area contributed by atoms with Gasteiger partial charge in [0.15, 0.2) is 0 Å². The molecular weight excluding hydrogens is 224 g/mol. The SMILES string of the molecule is CN(C)Cc1cccc(CNCc2ccco2)c1. The van der Waals surface area contributed by atoms with Crippen molar-refractivity contribution in [3.05, 3.63) is 59.5 Å². The predicted molar refractivity (Wildman–Crippen MR) is 73.1 cm³/mol. The van der Waals surface area contributed by atoms with Crippen LogP contribution in [0.2, 0.25) is 0 Å². The zero-order chi connectivity index (χ0) is 12.8. The fourth-order valence-corrected chi connectivity index (χ4v) is 1.95. The van der Waals surface area contributed by atoms with E-state index in [0.717, 1.165) is 25.4 Å². The van der Waals surface area contributed by atoms with Crippen molar-refractivity contribution in [2.24, 2.45) is 0 Å². The Bertz CT molecular complexity index is 463. The van der Waals surface area contributed by atoms with Crippen molar-refractivity contribution >= 4 is 0 Å². The fourth-order valence-electron chi connectivity index (χ4n) is 1.95. The summed E-state index contributed by atoms with van der Waals surface area (Å²) in [6, 6.07) is 12.6. The summed E-state index contributed by atoms with van der Waals surface area (Å²) in [4.78, 5) is 2.18. The molecule has 0 aliphatic rings. The summed E-state index contributed by atoms with van der Waals surface area (Å²) in [5, 5.41) is 3.38. The van der Waals surface area contributed by atoms with Crippen LogP contribution in [-0.2, 0) is 19.6 Å². The monoisotopic (exact) mass is 244 g/mol. The highest BCUT2D eigenvalue weighted by Crippen LogP contribution is 2.07. The van der Waals surface area contributed by atoms with Crippen molar-refractivity contribution < 1.29 is 4.42 Å². The third-order valence-corrected chi connectivity index (χ3v) is 2.70. The van der Waals surface area contributed by atoms with Crippen LogP contribution in [-0.4, -0.2) is 19.0 Å². The maximum atomic E-state index is 5.28. The van der Waals surface area contributed by atoms with Crippen LogP contribution in [0.5, 0.6) is 0 Å². The van der Waals surface area contributed by atoms with Crippen LogP contribution in [0.1, 0.15) is 16.9 Å². The van der Waals surface area contributed by atoms with E-state index in [9.17, 15) is 0 Å². The molecule has 1 aromatic carbocycles. The molecule has 0 amide bonds. The lowest BCUT2D eigenvalue weighted by Gasteiger charge is -2.11. The molecule has 18 heavy (non-hydrogen) atoms. The van der Waals surface area contributed by atoms with Gasteiger partial charge in [0, 0.05) is 13.1 Å². The molecule has 0 radical (unpaired) electrons. The van der Waals surface area contributed by atoms with Gasteiger partial charge in [0.25, 0.3) is 0 Å². The molecular formula is C15H20N2O. The van der Waals surface area contributed by atoms with Gasteiger partial charge < -0.3 is 14.6 Å². The largest absolute Gasteiger partial charge is 0.468 e. The van der Waals surface area contributed by atoms with Crippen LogP contribution in [0.4, 0.5) is 0 Å². The second-order valence-electron chi connectivity index (χ2n) is 4.74. The molecule has 0 unspecified atom stereocenters. The molecule has 0 saturated heterocycles. The fraction of sp³-hybridized carbons (Fsp3) is 0.333. The highest BCUT2D eigenvalue weighted by atomic mass is 16.3. The molecule has 2 rings (SSSR count). The second kappa shape index (κ2) is 6.38. The van der Waals surface area contributed by atoms with E-state index in [1.807, 2.05) is 12.1 Å². The molecule has 0 fully saturated rings. The minimum Gasteiger partial charge on any atom is -0.468 e. The Balaban J connectivity index is 1.85. The summed E-state index contributed by atoms with van der Waals surface area (Å²) < 4.78 is 5.28. The van der Waals surface area contributed by atoms with E-state index >= 15 is 0 Å². The smallest absolute Gasteiger partial charge is 0.117 e. The molecule has 3 heteroatoms. The zero-order valence-corrected chi connectivity index (χ0v) is 11.0. The summed E-state index contributed by atoms with van der Waals surface area (Å²) in [5.74, 6) is 0.972. The van der Waals surface area contributed by atoms with Crippen molar-refractivity contribution in [1.82, 2.24) is 10.2 Å². The van der Waals surface area contributed by atoms with Gasteiger partial charge in [-0.2, -0.15) is 0 Å². The first-order chi connectivity index (χ1) is 8.74. The lowest BCUT2D eigenvalue weighted by molar-refractivity contribution is 0.402. The number of hydrogen-bond acceptors (Lipinski definition) is 3. The average molecular weight is 244 g/mol. The van der Waals surface area contributed by atoms with E-state index < -0.39 is 0 Å². The van der Waals surface area contributed by atoms with Gasteiger partial charge >= 0.3 is 0 Å². The number of furan rings is 1. The van der Waals surface area contributed by atoms with E-state index in [0.29, 0.717) is 0 Å². The quantitative estimate of drug-likeness (QED) is 0.846. The van der Waals surface area contributed by atoms with Gasteiger partial charge in [-0.3, -0.25) is 0 Å². The molecule has 0 aliphatic heterocycles. The van der Waals surface area contributed by atoms with Gasteiger partial charge in [0.1, 0.15) is 5.76 Å². The van der Waals surface area contributed by atoms with Crippen molar-refractivity contribution in [2.75, 3.05) is 14.1 Å². The highest BCUT2D eigenvalue weighted by Gasteiger charge is 1.99. The van der Waals surface area contributed by atoms with Gasteiger partial charge in [0.2, 0.25) is 0 Å². The number of hydrogen-bond donors (Lipinski definition) is 1. The molecule has 1 N–H and O–H groups in total. The second-order valence-corrected chi connectivity index (χ2v) is 4.74. The number of rotatable bonds is 6. The highest BCUT2D eigenvalue weighted by molar-refractivity contribution is 5.23. The van der Waals surface area contributed by atoms with Crippen LogP contribution in [0.3, 0.4) is 0 Å². The summed E-state index contributed by atoms with van der Waals surface area (Å²) in [6.07, 6.45) is 1.70. The molecule has 0 bridgehead atoms. The first kappa shape index (κ1) is 12.9. The summed E-state index contributed by atoms with van der Waals surface area (Å²) in [6.45, 7) is 2.61. The molecule has 3 nitrogen and oxygen atoms in total. The Kier molecular flexibility index (Phi) is 4.56. The Labute approximate surface area is 108 Å². The first-order valence-corrected chi connectivity index (χ1v) is 6.19. The van der Waals surface area contributed by atoms with Gasteiger partial charge in [-0.25, -0.2) is 0 Å². The molecule has 0 spiro atoms. The van der Waals surface area contributed by atoms with E-state index in [2.05, 4.69) is 48.6 Å². The van der Waals surface area contributed by atoms with E-state index in [-0.39, 0.29) is 0 Å². The third-order valence-electron chi connectivity index (χ3n) is 2.70. The van der Waals surface area contributed by atoms with Crippen LogP contribution < -0.4 is 5.32 Å². The van der Waals surface area contributed by atoms with E-state index in [4.69, 9.17) is 4.42 Å². The summed E-state index contributed by atoms with van der Waals surface area (Å²) in [7, 11) is 4.17. The standard InChI is InChI=1S/C15H20N2O/c1-17(2)12-14-6-3-5-13(9-14)10-16-11-15-7-4-8-18-15/h3-9,16H,10-12H2,1-2H3. The lowest BCUT2D eigenvalue weighted by atomic mass is 10.1. The minimum absolute atomic E-state index is 0.769. The number of nitrogens with zero attached hydrogens (tertiary/aromatic N) is 1. The maximum Gasteiger partial charge on any atom is 0.117 e. The molecule has 96 valence electrons. The number of benzene rings is 1. The van der Waals surface area contributed by atoms with Gasteiger partial charge in [-0.1, -0.05) is 24.3 Å². The summed E-state index contributed by atoms with van der Waals surface area (Å²) >= 11 is 0. The van der Waals surface area contributed by atoms with Crippen LogP contribution >= 0.6 is 0 Å². The van der Waals surface area contributed by atoms with Gasteiger partial charge in [-0.05, 0) is 37.4 Å². The van der Waals surface area contributed by atoms with Crippen molar-refractivity contribution in [1.29, 1.82) is 0 Å². The van der Waals surface area contributed by atoms with E-state index in [1.54, 1.807) is 6.26 Å². The molecule has 0 saturated carbocycles. The van der Waals surface area contributed by atoms with Crippen LogP contribution in [0, 0.1) is 0 Å². The topological polar surface area (TPSA) is 28.4 Å². The van der Waals surface area contributed by atoms with Crippen molar-refractivity contribution in [3.63, 3.8) is 0 Å². The first-order valence-electron chi connectivity index (χ1n) is 6.19. The molecule has 0 atom stereocenters. The third kappa shape index (κ3) is 4.02. The molecule has 2 aromatic rings. The molecule has 1 heterocycles. The Morgan fingerprint density at radius 2 is 1.89 bits per heavy atom. The Morgan fingerprint density at radius 3 is 2.61 bits per heavy atom. The van der Waals surface area contributed by atoms with E-state index in [1.165, 1.54) is 11.1 Å². The Morgan fingerprint density at radius 1 is 1.06 bits per heavy atom. The summed E-state index contributed by atoms with van der Waals surface area (Å²) in [5.41, 5.74) is 2.65. The van der Waals surface area contributed by atoms with Crippen LogP contribution in [0.25, 0.3) is 0 Å². The minimum atomic E-state index is 0.769. The van der Waals surface area contributed by atoms with Crippen molar-refractivity contribution in [3.8, 4) is 0 Å². The zero-order valence-electron chi connectivity index (χ0n) is 11.0. The molecule has 0 aliphatic carbocycles. The van der Waals surface area contributed by atoms with Gasteiger partial charge in [-0.15, -0.1) is 0 Å². The molecule has 1 aromatic heterocycles. The Hall–Kier alpha value is -1.58. The van der Waals surface area contributed by atoms with Gasteiger partial charge in [0.05, 0.1) is 12.8 Å². The normalized spacial score (nSPS) is 11.1. The number of nitrogens with one attached hydrogen (secondary N) is 1. The maximum absolute atomic E-state index is 5.28. The average Bonchev–Trinajstić information content (AvgIpc) is 2.82.